The van der Waals surface area contributed by atoms with Crippen LogP contribution in [0.1, 0.15) is 45.0 Å². The highest BCUT2D eigenvalue weighted by Crippen LogP contribution is 2.25. The topological polar surface area (TPSA) is 49.8 Å². The van der Waals surface area contributed by atoms with Crippen molar-refractivity contribution in [3.05, 3.63) is 11.4 Å². The molecular weight excluding hydrogens is 256 g/mol. The lowest BCUT2D eigenvalue weighted by Gasteiger charge is -2.24. The van der Waals surface area contributed by atoms with Crippen LogP contribution in [0.4, 0.5) is 11.6 Å². The normalized spacial score (nSPS) is 11.8. The second kappa shape index (κ2) is 6.46. The monoisotopic (exact) mass is 282 g/mol. The number of hydrogen-bond donors (Lipinski definition) is 2. The number of thioether (sulfide) groups is 1. The first kappa shape index (κ1) is 16.1. The van der Waals surface area contributed by atoms with Crippen molar-refractivity contribution in [1.82, 2.24) is 9.97 Å². The lowest BCUT2D eigenvalue weighted by Crippen LogP contribution is -2.27. The van der Waals surface area contributed by atoms with Crippen LogP contribution in [0.5, 0.6) is 0 Å². The Labute approximate surface area is 121 Å². The zero-order chi connectivity index (χ0) is 14.6. The molecule has 0 aromatic carbocycles. The van der Waals surface area contributed by atoms with E-state index in [1.54, 1.807) is 0 Å². The summed E-state index contributed by atoms with van der Waals surface area (Å²) in [5, 5.41) is 6.61. The Morgan fingerprint density at radius 1 is 1.21 bits per heavy atom. The van der Waals surface area contributed by atoms with Gasteiger partial charge in [-0.3, -0.25) is 0 Å². The van der Waals surface area contributed by atoms with E-state index in [1.807, 2.05) is 25.7 Å². The molecule has 5 heteroatoms. The van der Waals surface area contributed by atoms with Gasteiger partial charge in [0.25, 0.3) is 0 Å². The quantitative estimate of drug-likeness (QED) is 0.836. The van der Waals surface area contributed by atoms with Crippen LogP contribution in [0.25, 0.3) is 0 Å². The summed E-state index contributed by atoms with van der Waals surface area (Å²) in [5.74, 6) is 3.04. The molecule has 0 bridgehead atoms. The van der Waals surface area contributed by atoms with Gasteiger partial charge in [0.1, 0.15) is 17.5 Å². The van der Waals surface area contributed by atoms with E-state index >= 15 is 0 Å². The van der Waals surface area contributed by atoms with Crippen molar-refractivity contribution >= 4 is 23.4 Å². The van der Waals surface area contributed by atoms with Crippen molar-refractivity contribution in [3.8, 4) is 0 Å². The predicted molar refractivity (Wildman–Crippen MR) is 86.5 cm³/mol. The molecule has 0 saturated carbocycles. The van der Waals surface area contributed by atoms with Crippen LogP contribution < -0.4 is 10.6 Å². The van der Waals surface area contributed by atoms with Gasteiger partial charge < -0.3 is 10.6 Å². The number of rotatable bonds is 6. The first-order valence-electron chi connectivity index (χ1n) is 6.66. The number of hydrogen-bond acceptors (Lipinski definition) is 5. The van der Waals surface area contributed by atoms with Crippen molar-refractivity contribution in [2.24, 2.45) is 0 Å². The summed E-state index contributed by atoms with van der Waals surface area (Å²) in [6.45, 7) is 11.6. The van der Waals surface area contributed by atoms with Gasteiger partial charge in [-0.15, -0.1) is 0 Å². The number of anilines is 2. The first-order chi connectivity index (χ1) is 8.80. The molecule has 0 fully saturated rings. The fraction of sp³-hybridized carbons (Fsp3) is 0.714. The van der Waals surface area contributed by atoms with Gasteiger partial charge in [0.05, 0.1) is 0 Å². The molecule has 1 rings (SSSR count). The highest BCUT2D eigenvalue weighted by Gasteiger charge is 2.18. The van der Waals surface area contributed by atoms with Gasteiger partial charge in [-0.1, -0.05) is 13.8 Å². The van der Waals surface area contributed by atoms with Crippen LogP contribution in [0.2, 0.25) is 0 Å². The van der Waals surface area contributed by atoms with E-state index in [0.29, 0.717) is 5.92 Å². The Morgan fingerprint density at radius 3 is 2.26 bits per heavy atom. The summed E-state index contributed by atoms with van der Waals surface area (Å²) >= 11 is 1.85. The molecule has 2 N–H and O–H groups in total. The third kappa shape index (κ3) is 4.27. The van der Waals surface area contributed by atoms with Gasteiger partial charge >= 0.3 is 0 Å². The SMILES string of the molecule is CNc1nc(C(C)C)nc(NCC(C)(C)SC)c1C. The van der Waals surface area contributed by atoms with Crippen LogP contribution >= 0.6 is 11.8 Å². The van der Waals surface area contributed by atoms with E-state index in [2.05, 4.69) is 54.6 Å². The molecule has 1 aromatic rings. The fourth-order valence-corrected chi connectivity index (χ4v) is 1.79. The summed E-state index contributed by atoms with van der Waals surface area (Å²) in [6, 6.07) is 0. The van der Waals surface area contributed by atoms with Crippen molar-refractivity contribution in [2.75, 3.05) is 30.5 Å². The Morgan fingerprint density at radius 2 is 1.79 bits per heavy atom. The summed E-state index contributed by atoms with van der Waals surface area (Å²) in [4.78, 5) is 9.19. The van der Waals surface area contributed by atoms with Crippen molar-refractivity contribution < 1.29 is 0 Å². The van der Waals surface area contributed by atoms with E-state index < -0.39 is 0 Å². The third-order valence-corrected chi connectivity index (χ3v) is 4.40. The number of nitrogens with one attached hydrogen (secondary N) is 2. The molecule has 0 atom stereocenters. The molecule has 19 heavy (non-hydrogen) atoms. The minimum absolute atomic E-state index is 0.190. The molecule has 0 aliphatic heterocycles. The lowest BCUT2D eigenvalue weighted by atomic mass is 10.2. The molecule has 0 saturated heterocycles. The van der Waals surface area contributed by atoms with Crippen LogP contribution in [-0.2, 0) is 0 Å². The zero-order valence-electron chi connectivity index (χ0n) is 13.1. The van der Waals surface area contributed by atoms with Gasteiger partial charge in [-0.25, -0.2) is 9.97 Å². The van der Waals surface area contributed by atoms with Crippen LogP contribution in [-0.4, -0.2) is 34.6 Å². The summed E-state index contributed by atoms with van der Waals surface area (Å²) in [7, 11) is 1.90. The number of aromatic nitrogens is 2. The average Bonchev–Trinajstić information content (AvgIpc) is 2.37. The Hall–Kier alpha value is -0.970. The maximum absolute atomic E-state index is 4.65. The molecule has 4 nitrogen and oxygen atoms in total. The predicted octanol–water partition coefficient (Wildman–Crippen LogP) is 3.50. The zero-order valence-corrected chi connectivity index (χ0v) is 13.9. The van der Waals surface area contributed by atoms with Crippen molar-refractivity contribution in [1.29, 1.82) is 0 Å². The van der Waals surface area contributed by atoms with E-state index in [4.69, 9.17) is 0 Å². The molecular formula is C14H26N4S. The van der Waals surface area contributed by atoms with Gasteiger partial charge in [0.15, 0.2) is 0 Å². The van der Waals surface area contributed by atoms with E-state index in [-0.39, 0.29) is 4.75 Å². The molecule has 0 unspecified atom stereocenters. The minimum atomic E-state index is 0.190. The summed E-state index contributed by atoms with van der Waals surface area (Å²) < 4.78 is 0.190. The van der Waals surface area contributed by atoms with E-state index in [1.165, 1.54) is 0 Å². The minimum Gasteiger partial charge on any atom is -0.373 e. The molecule has 0 spiro atoms. The van der Waals surface area contributed by atoms with Gasteiger partial charge in [0.2, 0.25) is 0 Å². The van der Waals surface area contributed by atoms with Crippen LogP contribution in [0.15, 0.2) is 0 Å². The summed E-state index contributed by atoms with van der Waals surface area (Å²) in [5.41, 5.74) is 1.07. The second-order valence-corrected chi connectivity index (χ2v) is 7.14. The molecule has 1 aromatic heterocycles. The molecule has 0 aliphatic rings. The van der Waals surface area contributed by atoms with Gasteiger partial charge in [0, 0.05) is 29.8 Å². The molecule has 0 amide bonds. The molecule has 1 heterocycles. The molecule has 0 radical (unpaired) electrons. The average molecular weight is 282 g/mol. The Bertz CT molecular complexity index is 430. The van der Waals surface area contributed by atoms with Crippen LogP contribution in [0.3, 0.4) is 0 Å². The Kier molecular flexibility index (Phi) is 5.47. The van der Waals surface area contributed by atoms with E-state index in [9.17, 15) is 0 Å². The largest absolute Gasteiger partial charge is 0.373 e. The first-order valence-corrected chi connectivity index (χ1v) is 7.88. The fourth-order valence-electron chi connectivity index (χ4n) is 1.58. The third-order valence-electron chi connectivity index (χ3n) is 3.15. The van der Waals surface area contributed by atoms with E-state index in [0.717, 1.165) is 29.6 Å². The standard InChI is InChI=1S/C14H26N4S/c1-9(2)11-17-12(15-6)10(3)13(18-11)16-8-14(4,5)19-7/h9H,8H2,1-7H3,(H2,15,16,17,18). The molecule has 0 aliphatic carbocycles. The maximum atomic E-state index is 4.65. The lowest BCUT2D eigenvalue weighted by molar-refractivity contribution is 0.739. The highest BCUT2D eigenvalue weighted by atomic mass is 32.2. The van der Waals surface area contributed by atoms with Crippen molar-refractivity contribution in [2.45, 2.75) is 45.3 Å². The molecule has 108 valence electrons. The van der Waals surface area contributed by atoms with Crippen molar-refractivity contribution in [3.63, 3.8) is 0 Å². The maximum Gasteiger partial charge on any atom is 0.135 e. The summed E-state index contributed by atoms with van der Waals surface area (Å²) in [6.07, 6.45) is 2.13. The number of nitrogens with zero attached hydrogens (tertiary/aromatic N) is 2. The Balaban J connectivity index is 3.02. The second-order valence-electron chi connectivity index (χ2n) is 5.63. The van der Waals surface area contributed by atoms with Crippen LogP contribution in [0, 0.1) is 6.92 Å². The highest BCUT2D eigenvalue weighted by molar-refractivity contribution is 7.99. The smallest absolute Gasteiger partial charge is 0.135 e. The van der Waals surface area contributed by atoms with Gasteiger partial charge in [-0.05, 0) is 27.0 Å². The van der Waals surface area contributed by atoms with Gasteiger partial charge in [-0.2, -0.15) is 11.8 Å².